The summed E-state index contributed by atoms with van der Waals surface area (Å²) in [6.07, 6.45) is 0.406. The summed E-state index contributed by atoms with van der Waals surface area (Å²) in [6.45, 7) is 3.37. The van der Waals surface area contributed by atoms with E-state index in [-0.39, 0.29) is 18.4 Å². The van der Waals surface area contributed by atoms with Gasteiger partial charge in [-0.05, 0) is 36.6 Å². The van der Waals surface area contributed by atoms with Crippen LogP contribution in [0.15, 0.2) is 22.7 Å². The fourth-order valence-electron chi connectivity index (χ4n) is 1.81. The number of rotatable bonds is 5. The van der Waals surface area contributed by atoms with Crippen molar-refractivity contribution >= 4 is 27.8 Å². The summed E-state index contributed by atoms with van der Waals surface area (Å²) in [6, 6.07) is 5.50. The van der Waals surface area contributed by atoms with Gasteiger partial charge < -0.3 is 10.4 Å². The Hall–Kier alpha value is -1.36. The third-order valence-electron chi connectivity index (χ3n) is 2.64. The lowest BCUT2D eigenvalue weighted by Gasteiger charge is -2.20. The molecule has 5 heteroatoms. The first-order chi connectivity index (χ1) is 8.40. The van der Waals surface area contributed by atoms with Gasteiger partial charge in [0.15, 0.2) is 0 Å². The smallest absolute Gasteiger partial charge is 0.303 e. The minimum absolute atomic E-state index is 0.0247. The van der Waals surface area contributed by atoms with Crippen LogP contribution in [-0.4, -0.2) is 17.0 Å². The van der Waals surface area contributed by atoms with E-state index in [2.05, 4.69) is 21.2 Å². The molecule has 0 aliphatic rings. The molecule has 0 saturated carbocycles. The van der Waals surface area contributed by atoms with Crippen molar-refractivity contribution < 1.29 is 14.7 Å². The zero-order chi connectivity index (χ0) is 13.7. The molecule has 4 nitrogen and oxygen atoms in total. The highest BCUT2D eigenvalue weighted by Gasteiger charge is 2.16. The number of amides is 1. The van der Waals surface area contributed by atoms with Crippen molar-refractivity contribution in [3.63, 3.8) is 0 Å². The number of aryl methyl sites for hydroxylation is 1. The van der Waals surface area contributed by atoms with Crippen LogP contribution in [0.4, 0.5) is 0 Å². The van der Waals surface area contributed by atoms with E-state index in [1.54, 1.807) is 0 Å². The molecule has 1 aromatic rings. The molecule has 2 N–H and O–H groups in total. The molecule has 0 spiro atoms. The van der Waals surface area contributed by atoms with Crippen LogP contribution >= 0.6 is 15.9 Å². The van der Waals surface area contributed by atoms with E-state index in [0.717, 1.165) is 15.6 Å². The topological polar surface area (TPSA) is 66.4 Å². The van der Waals surface area contributed by atoms with Crippen LogP contribution in [0.5, 0.6) is 0 Å². The van der Waals surface area contributed by atoms with E-state index >= 15 is 0 Å². The molecule has 18 heavy (non-hydrogen) atoms. The van der Waals surface area contributed by atoms with Crippen molar-refractivity contribution in [2.24, 2.45) is 0 Å². The average Bonchev–Trinajstić information content (AvgIpc) is 2.27. The minimum Gasteiger partial charge on any atom is -0.481 e. The predicted molar refractivity (Wildman–Crippen MR) is 72.3 cm³/mol. The number of carbonyl (C=O) groups excluding carboxylic acids is 1. The summed E-state index contributed by atoms with van der Waals surface area (Å²) in [5.74, 6) is -1.03. The van der Waals surface area contributed by atoms with Gasteiger partial charge in [-0.15, -0.1) is 0 Å². The van der Waals surface area contributed by atoms with Gasteiger partial charge in [0.2, 0.25) is 5.91 Å². The summed E-state index contributed by atoms with van der Waals surface area (Å²) >= 11 is 3.38. The number of carbonyl (C=O) groups is 2. The summed E-state index contributed by atoms with van der Waals surface area (Å²) in [7, 11) is 0. The fraction of sp³-hybridized carbons (Fsp3) is 0.385. The monoisotopic (exact) mass is 313 g/mol. The van der Waals surface area contributed by atoms with E-state index in [9.17, 15) is 9.59 Å². The number of halogens is 1. The molecule has 0 heterocycles. The average molecular weight is 314 g/mol. The van der Waals surface area contributed by atoms with Gasteiger partial charge in [-0.2, -0.15) is 0 Å². The number of carboxylic acid groups (broad SMARTS) is 1. The Morgan fingerprint density at radius 1 is 1.44 bits per heavy atom. The summed E-state index contributed by atoms with van der Waals surface area (Å²) in [5, 5.41) is 11.5. The highest BCUT2D eigenvalue weighted by Crippen LogP contribution is 2.25. The Morgan fingerprint density at radius 2 is 2.11 bits per heavy atom. The highest BCUT2D eigenvalue weighted by atomic mass is 79.9. The molecule has 0 saturated heterocycles. The first kappa shape index (κ1) is 14.7. The number of aliphatic carboxylic acids is 1. The quantitative estimate of drug-likeness (QED) is 0.878. The van der Waals surface area contributed by atoms with Crippen LogP contribution in [0.2, 0.25) is 0 Å². The van der Waals surface area contributed by atoms with Gasteiger partial charge >= 0.3 is 5.97 Å². The zero-order valence-corrected chi connectivity index (χ0v) is 12.0. The van der Waals surface area contributed by atoms with Crippen molar-refractivity contribution in [3.8, 4) is 0 Å². The molecule has 98 valence electrons. The number of nitrogens with one attached hydrogen (secondary N) is 1. The van der Waals surface area contributed by atoms with Gasteiger partial charge in [0.25, 0.3) is 0 Å². The number of hydrogen-bond donors (Lipinski definition) is 2. The lowest BCUT2D eigenvalue weighted by molar-refractivity contribution is -0.137. The standard InChI is InChI=1S/C13H16BrNO3/c1-8-3-4-10(14)7-11(8)12(15-9(2)16)5-6-13(17)18/h3-4,7,12H,5-6H2,1-2H3,(H,15,16)(H,17,18). The van der Waals surface area contributed by atoms with Crippen molar-refractivity contribution in [1.82, 2.24) is 5.32 Å². The molecule has 0 fully saturated rings. The van der Waals surface area contributed by atoms with Gasteiger partial charge in [0.05, 0.1) is 6.04 Å². The Morgan fingerprint density at radius 3 is 2.67 bits per heavy atom. The van der Waals surface area contributed by atoms with Crippen molar-refractivity contribution in [2.75, 3.05) is 0 Å². The van der Waals surface area contributed by atoms with Crippen LogP contribution in [0.1, 0.15) is 36.9 Å². The number of hydrogen-bond acceptors (Lipinski definition) is 2. The lowest BCUT2D eigenvalue weighted by atomic mass is 9.97. The Balaban J connectivity index is 2.96. The largest absolute Gasteiger partial charge is 0.481 e. The fourth-order valence-corrected chi connectivity index (χ4v) is 2.18. The van der Waals surface area contributed by atoms with Crippen LogP contribution in [0.25, 0.3) is 0 Å². The molecule has 0 aliphatic carbocycles. The van der Waals surface area contributed by atoms with Crippen LogP contribution in [0.3, 0.4) is 0 Å². The highest BCUT2D eigenvalue weighted by molar-refractivity contribution is 9.10. The van der Waals surface area contributed by atoms with E-state index in [1.165, 1.54) is 6.92 Å². The second-order valence-electron chi connectivity index (χ2n) is 4.19. The third-order valence-corrected chi connectivity index (χ3v) is 3.13. The molecule has 0 bridgehead atoms. The molecule has 1 unspecified atom stereocenters. The van der Waals surface area contributed by atoms with Crippen LogP contribution < -0.4 is 5.32 Å². The van der Waals surface area contributed by atoms with Gasteiger partial charge in [0, 0.05) is 17.8 Å². The van der Waals surface area contributed by atoms with Crippen molar-refractivity contribution in [2.45, 2.75) is 32.7 Å². The van der Waals surface area contributed by atoms with Gasteiger partial charge in [-0.25, -0.2) is 0 Å². The molecule has 1 atom stereocenters. The SMILES string of the molecule is CC(=O)NC(CCC(=O)O)c1cc(Br)ccc1C. The van der Waals surface area contributed by atoms with E-state index in [0.29, 0.717) is 6.42 Å². The molecular weight excluding hydrogens is 298 g/mol. The molecule has 1 rings (SSSR count). The first-order valence-corrected chi connectivity index (χ1v) is 6.44. The van der Waals surface area contributed by atoms with Gasteiger partial charge in [-0.3, -0.25) is 9.59 Å². The maximum Gasteiger partial charge on any atom is 0.303 e. The molecule has 0 aliphatic heterocycles. The maximum atomic E-state index is 11.2. The summed E-state index contributed by atoms with van der Waals surface area (Å²) < 4.78 is 0.911. The normalized spacial score (nSPS) is 11.9. The van der Waals surface area contributed by atoms with E-state index in [1.807, 2.05) is 25.1 Å². The lowest BCUT2D eigenvalue weighted by Crippen LogP contribution is -2.27. The van der Waals surface area contributed by atoms with Crippen LogP contribution in [-0.2, 0) is 9.59 Å². The Kier molecular flexibility index (Phi) is 5.34. The maximum absolute atomic E-state index is 11.2. The summed E-state index contributed by atoms with van der Waals surface area (Å²) in [5.41, 5.74) is 1.98. The molecule has 1 aromatic carbocycles. The van der Waals surface area contributed by atoms with Crippen molar-refractivity contribution in [1.29, 1.82) is 0 Å². The second kappa shape index (κ2) is 6.54. The van der Waals surface area contributed by atoms with E-state index < -0.39 is 5.97 Å². The Bertz CT molecular complexity index is 460. The summed E-state index contributed by atoms with van der Waals surface area (Å²) in [4.78, 5) is 21.8. The molecule has 0 aromatic heterocycles. The number of benzene rings is 1. The molecule has 0 radical (unpaired) electrons. The Labute approximate surface area is 115 Å². The predicted octanol–water partition coefficient (Wildman–Crippen LogP) is 2.80. The zero-order valence-electron chi connectivity index (χ0n) is 10.4. The van der Waals surface area contributed by atoms with Crippen LogP contribution in [0, 0.1) is 6.92 Å². The third kappa shape index (κ3) is 4.49. The van der Waals surface area contributed by atoms with Gasteiger partial charge in [-0.1, -0.05) is 22.0 Å². The molecular formula is C13H16BrNO3. The van der Waals surface area contributed by atoms with Gasteiger partial charge in [0.1, 0.15) is 0 Å². The minimum atomic E-state index is -0.863. The van der Waals surface area contributed by atoms with Crippen molar-refractivity contribution in [3.05, 3.63) is 33.8 Å². The molecule has 1 amide bonds. The first-order valence-electron chi connectivity index (χ1n) is 5.65. The van der Waals surface area contributed by atoms with E-state index in [4.69, 9.17) is 5.11 Å². The number of carboxylic acids is 1. The second-order valence-corrected chi connectivity index (χ2v) is 5.10.